The number of ether oxygens (including phenoxy) is 1. The van der Waals surface area contributed by atoms with Crippen molar-refractivity contribution in [3.63, 3.8) is 0 Å². The first-order chi connectivity index (χ1) is 14.1. The van der Waals surface area contributed by atoms with Gasteiger partial charge in [-0.1, -0.05) is 36.4 Å². The Kier molecular flexibility index (Phi) is 6.76. The van der Waals surface area contributed by atoms with Crippen LogP contribution in [0.1, 0.15) is 12.0 Å². The van der Waals surface area contributed by atoms with Gasteiger partial charge in [0.2, 0.25) is 5.91 Å². The number of carbonyl (C=O) groups is 2. The Balaban J connectivity index is 0.000000755. The minimum absolute atomic E-state index is 0.0426. The third kappa shape index (κ3) is 4.09. The van der Waals surface area contributed by atoms with Crippen molar-refractivity contribution in [2.45, 2.75) is 23.1 Å². The number of likely N-dealkylation sites (N-methyl/N-ethyl adjacent to an activating group) is 1. The molecule has 1 aromatic carbocycles. The lowest BCUT2D eigenvalue weighted by Crippen LogP contribution is -2.67. The molecule has 154 valence electrons. The first-order valence-electron chi connectivity index (χ1n) is 9.34. The summed E-state index contributed by atoms with van der Waals surface area (Å²) in [6, 6.07) is 16.4. The Hall–Kier alpha value is -2.58. The normalized spacial score (nSPS) is 23.7. The summed E-state index contributed by atoms with van der Waals surface area (Å²) < 4.78 is 6.06. The van der Waals surface area contributed by atoms with Crippen molar-refractivity contribution in [3.05, 3.63) is 54.1 Å². The van der Waals surface area contributed by atoms with Crippen LogP contribution in [0.3, 0.4) is 0 Å². The number of benzene rings is 1. The number of amides is 1. The van der Waals surface area contributed by atoms with Gasteiger partial charge in [-0.25, -0.2) is 4.98 Å². The number of nitrogens with zero attached hydrogens (tertiary/aromatic N) is 3. The van der Waals surface area contributed by atoms with Gasteiger partial charge < -0.3 is 19.6 Å². The number of carbonyl (C=O) groups excluding carboxylic acids is 1. The number of fused-ring (bicyclic) bond motifs is 1. The summed E-state index contributed by atoms with van der Waals surface area (Å²) in [5.41, 5.74) is 0.732. The molecule has 0 saturated carbocycles. The Morgan fingerprint density at radius 1 is 1.24 bits per heavy atom. The highest BCUT2D eigenvalue weighted by molar-refractivity contribution is 7.98. The maximum absolute atomic E-state index is 12.4. The fraction of sp³-hybridized carbons (Fsp3) is 0.381. The van der Waals surface area contributed by atoms with Crippen LogP contribution in [0, 0.1) is 0 Å². The highest BCUT2D eigenvalue weighted by atomic mass is 32.2. The monoisotopic (exact) mass is 415 g/mol. The topological polar surface area (TPSA) is 83.0 Å². The Bertz CT molecular complexity index is 851. The van der Waals surface area contributed by atoms with Crippen LogP contribution in [0.15, 0.2) is 53.6 Å². The van der Waals surface area contributed by atoms with E-state index in [-0.39, 0.29) is 25.1 Å². The fourth-order valence-corrected chi connectivity index (χ4v) is 4.53. The molecule has 1 aromatic heterocycles. The molecule has 2 atom stereocenters. The average Bonchev–Trinajstić information content (AvgIpc) is 2.77. The summed E-state index contributed by atoms with van der Waals surface area (Å²) in [4.78, 5) is 29.7. The number of piperidine rings is 1. The van der Waals surface area contributed by atoms with Crippen LogP contribution in [-0.2, 0) is 19.9 Å². The molecule has 2 saturated heterocycles. The molecular weight excluding hydrogens is 390 g/mol. The molecule has 2 aliphatic heterocycles. The number of thioether (sulfide) groups is 1. The number of hydrogen-bond acceptors (Lipinski definition) is 6. The summed E-state index contributed by atoms with van der Waals surface area (Å²) in [6.07, 6.45) is 2.77. The Morgan fingerprint density at radius 2 is 1.97 bits per heavy atom. The molecule has 3 heterocycles. The number of hydrogen-bond donors (Lipinski definition) is 1. The molecule has 0 spiro atoms. The molecule has 0 unspecified atom stereocenters. The smallest absolute Gasteiger partial charge is 0.290 e. The predicted octanol–water partition coefficient (Wildman–Crippen LogP) is 2.47. The number of aromatic nitrogens is 1. The lowest BCUT2D eigenvalue weighted by molar-refractivity contribution is -0.173. The maximum Gasteiger partial charge on any atom is 0.290 e. The molecule has 2 aliphatic rings. The molecule has 4 rings (SSSR count). The third-order valence-electron chi connectivity index (χ3n) is 5.58. The number of rotatable bonds is 3. The van der Waals surface area contributed by atoms with Gasteiger partial charge in [0.25, 0.3) is 6.47 Å². The van der Waals surface area contributed by atoms with Crippen molar-refractivity contribution < 1.29 is 19.4 Å². The highest BCUT2D eigenvalue weighted by Gasteiger charge is 2.52. The molecule has 0 radical (unpaired) electrons. The van der Waals surface area contributed by atoms with Crippen LogP contribution in [0.4, 0.5) is 5.82 Å². The van der Waals surface area contributed by atoms with Crippen molar-refractivity contribution in [2.75, 3.05) is 37.9 Å². The molecule has 0 aliphatic carbocycles. The summed E-state index contributed by atoms with van der Waals surface area (Å²) >= 11 is 1.64. The maximum atomic E-state index is 12.4. The van der Waals surface area contributed by atoms with Gasteiger partial charge >= 0.3 is 0 Å². The van der Waals surface area contributed by atoms with Crippen molar-refractivity contribution in [3.8, 4) is 0 Å². The average molecular weight is 416 g/mol. The number of anilines is 1. The summed E-state index contributed by atoms with van der Waals surface area (Å²) in [5, 5.41) is 7.90. The SMILES string of the molecule is CSc1cccc(N2CC[C@]3(c4ccccc4)[C@@H](C2)OCC(=O)N3C)n1.O=CO. The molecular formula is C21H25N3O4S. The van der Waals surface area contributed by atoms with Crippen LogP contribution in [0.5, 0.6) is 0 Å². The second kappa shape index (κ2) is 9.28. The second-order valence-electron chi connectivity index (χ2n) is 6.88. The van der Waals surface area contributed by atoms with Crippen LogP contribution in [0.25, 0.3) is 0 Å². The van der Waals surface area contributed by atoms with Crippen molar-refractivity contribution >= 4 is 30.0 Å². The first kappa shape index (κ1) is 21.1. The molecule has 0 bridgehead atoms. The summed E-state index contributed by atoms with van der Waals surface area (Å²) in [7, 11) is 1.91. The zero-order valence-corrected chi connectivity index (χ0v) is 17.3. The van der Waals surface area contributed by atoms with Crippen LogP contribution in [0.2, 0.25) is 0 Å². The first-order valence-corrected chi connectivity index (χ1v) is 10.6. The van der Waals surface area contributed by atoms with Gasteiger partial charge in [0.05, 0.1) is 10.6 Å². The predicted molar refractivity (Wildman–Crippen MR) is 112 cm³/mol. The van der Waals surface area contributed by atoms with E-state index in [4.69, 9.17) is 19.6 Å². The standard InChI is InChI=1S/C20H23N3O2S.CH2O2/c1-22-19(24)14-25-16-13-23(17-9-6-10-18(21-17)26-2)12-11-20(16,22)15-7-4-3-5-8-15;2-1-3/h3-10,16H,11-14H2,1-2H3;1H,(H,2,3)/t16-,20+;/m1./s1. The highest BCUT2D eigenvalue weighted by Crippen LogP contribution is 2.42. The molecule has 7 nitrogen and oxygen atoms in total. The minimum atomic E-state index is -0.412. The van der Waals surface area contributed by atoms with E-state index in [1.165, 1.54) is 0 Å². The Morgan fingerprint density at radius 3 is 2.66 bits per heavy atom. The third-order valence-corrected chi connectivity index (χ3v) is 6.22. The molecule has 2 fully saturated rings. The molecule has 29 heavy (non-hydrogen) atoms. The van der Waals surface area contributed by atoms with Crippen molar-refractivity contribution in [1.82, 2.24) is 9.88 Å². The van der Waals surface area contributed by atoms with Crippen LogP contribution >= 0.6 is 11.8 Å². The van der Waals surface area contributed by atoms with Gasteiger partial charge in [0.15, 0.2) is 0 Å². The van der Waals surface area contributed by atoms with Gasteiger partial charge in [0, 0.05) is 20.1 Å². The van der Waals surface area contributed by atoms with Crippen LogP contribution in [-0.4, -0.2) is 66.5 Å². The van der Waals surface area contributed by atoms with E-state index >= 15 is 0 Å². The zero-order chi connectivity index (χ0) is 20.9. The van der Waals surface area contributed by atoms with Crippen molar-refractivity contribution in [2.24, 2.45) is 0 Å². The van der Waals surface area contributed by atoms with E-state index in [0.29, 0.717) is 0 Å². The van der Waals surface area contributed by atoms with E-state index in [1.54, 1.807) is 11.8 Å². The summed E-state index contributed by atoms with van der Waals surface area (Å²) in [5.74, 6) is 1.02. The van der Waals surface area contributed by atoms with Gasteiger partial charge in [-0.15, -0.1) is 11.8 Å². The van der Waals surface area contributed by atoms with E-state index in [9.17, 15) is 4.79 Å². The van der Waals surface area contributed by atoms with Gasteiger partial charge in [-0.3, -0.25) is 9.59 Å². The lowest BCUT2D eigenvalue weighted by Gasteiger charge is -2.55. The molecule has 1 amide bonds. The largest absolute Gasteiger partial charge is 0.483 e. The second-order valence-corrected chi connectivity index (χ2v) is 7.71. The van der Waals surface area contributed by atoms with Crippen LogP contribution < -0.4 is 4.90 Å². The van der Waals surface area contributed by atoms with E-state index in [2.05, 4.69) is 17.0 Å². The molecule has 8 heteroatoms. The van der Waals surface area contributed by atoms with E-state index in [1.807, 2.05) is 54.6 Å². The quantitative estimate of drug-likeness (QED) is 0.609. The zero-order valence-electron chi connectivity index (χ0n) is 16.5. The Labute approximate surface area is 174 Å². The number of carboxylic acid groups (broad SMARTS) is 1. The minimum Gasteiger partial charge on any atom is -0.483 e. The number of morpholine rings is 1. The number of pyridine rings is 1. The summed E-state index contributed by atoms with van der Waals surface area (Å²) in [6.45, 7) is 1.44. The van der Waals surface area contributed by atoms with E-state index < -0.39 is 5.54 Å². The van der Waals surface area contributed by atoms with E-state index in [0.717, 1.165) is 35.9 Å². The van der Waals surface area contributed by atoms with Gasteiger partial charge in [-0.2, -0.15) is 0 Å². The molecule has 1 N–H and O–H groups in total. The molecule has 2 aromatic rings. The van der Waals surface area contributed by atoms with Gasteiger partial charge in [0.1, 0.15) is 18.5 Å². The fourth-order valence-electron chi connectivity index (χ4n) is 4.13. The lowest BCUT2D eigenvalue weighted by atomic mass is 9.76. The van der Waals surface area contributed by atoms with Gasteiger partial charge in [-0.05, 0) is 30.4 Å². The van der Waals surface area contributed by atoms with Crippen molar-refractivity contribution in [1.29, 1.82) is 0 Å².